The highest BCUT2D eigenvalue weighted by molar-refractivity contribution is 9.10. The summed E-state index contributed by atoms with van der Waals surface area (Å²) in [4.78, 5) is 0. The molecule has 3 heteroatoms. The summed E-state index contributed by atoms with van der Waals surface area (Å²) in [6, 6.07) is 4.87. The van der Waals surface area contributed by atoms with Gasteiger partial charge in [-0.3, -0.25) is 0 Å². The van der Waals surface area contributed by atoms with E-state index < -0.39 is 0 Å². The normalized spacial score (nSPS) is 9.73. The third kappa shape index (κ3) is 2.19. The van der Waals surface area contributed by atoms with Gasteiger partial charge in [0.1, 0.15) is 5.82 Å². The minimum atomic E-state index is -0.230. The van der Waals surface area contributed by atoms with Crippen LogP contribution in [0, 0.1) is 5.82 Å². The van der Waals surface area contributed by atoms with Crippen LogP contribution < -0.4 is 5.32 Å². The van der Waals surface area contributed by atoms with Crippen molar-refractivity contribution in [2.24, 2.45) is 0 Å². The molecular formula is C8H9BrFN. The fourth-order valence-corrected chi connectivity index (χ4v) is 1.19. The van der Waals surface area contributed by atoms with Gasteiger partial charge < -0.3 is 5.32 Å². The van der Waals surface area contributed by atoms with Gasteiger partial charge >= 0.3 is 0 Å². The fraction of sp³-hybridized carbons (Fsp3) is 0.250. The van der Waals surface area contributed by atoms with Crippen LogP contribution >= 0.6 is 15.9 Å². The van der Waals surface area contributed by atoms with Crippen LogP contribution in [0.5, 0.6) is 0 Å². The molecule has 1 aromatic carbocycles. The minimum absolute atomic E-state index is 0.230. The van der Waals surface area contributed by atoms with Crippen molar-refractivity contribution in [2.45, 2.75) is 6.92 Å². The van der Waals surface area contributed by atoms with Gasteiger partial charge in [0.15, 0.2) is 0 Å². The van der Waals surface area contributed by atoms with E-state index in [0.717, 1.165) is 12.2 Å². The van der Waals surface area contributed by atoms with Gasteiger partial charge in [0.25, 0.3) is 0 Å². The SMILES string of the molecule is CCNc1ccc(F)c(Br)c1. The van der Waals surface area contributed by atoms with Crippen LogP contribution in [0.2, 0.25) is 0 Å². The molecule has 0 amide bonds. The molecule has 0 aromatic heterocycles. The van der Waals surface area contributed by atoms with Crippen molar-refractivity contribution in [3.8, 4) is 0 Å². The Bertz CT molecular complexity index is 250. The molecule has 0 bridgehead atoms. The Labute approximate surface area is 73.7 Å². The van der Waals surface area contributed by atoms with Crippen LogP contribution in [-0.4, -0.2) is 6.54 Å². The highest BCUT2D eigenvalue weighted by Crippen LogP contribution is 2.19. The van der Waals surface area contributed by atoms with Crippen molar-refractivity contribution in [3.63, 3.8) is 0 Å². The zero-order valence-electron chi connectivity index (χ0n) is 6.20. The molecule has 0 aliphatic rings. The molecule has 0 spiro atoms. The van der Waals surface area contributed by atoms with Gasteiger partial charge in [0.05, 0.1) is 4.47 Å². The number of nitrogens with one attached hydrogen (secondary N) is 1. The largest absolute Gasteiger partial charge is 0.385 e. The highest BCUT2D eigenvalue weighted by atomic mass is 79.9. The predicted molar refractivity (Wildman–Crippen MR) is 48.3 cm³/mol. The first kappa shape index (κ1) is 8.53. The maximum atomic E-state index is 12.7. The standard InChI is InChI=1S/C8H9BrFN/c1-2-11-6-3-4-8(10)7(9)5-6/h3-5,11H,2H2,1H3. The van der Waals surface area contributed by atoms with E-state index in [-0.39, 0.29) is 5.82 Å². The van der Waals surface area contributed by atoms with E-state index in [1.165, 1.54) is 6.07 Å². The molecule has 1 N–H and O–H groups in total. The molecule has 60 valence electrons. The van der Waals surface area contributed by atoms with Crippen molar-refractivity contribution in [3.05, 3.63) is 28.5 Å². The summed E-state index contributed by atoms with van der Waals surface area (Å²) in [6.07, 6.45) is 0. The Balaban J connectivity index is 2.86. The highest BCUT2D eigenvalue weighted by Gasteiger charge is 1.97. The third-order valence-electron chi connectivity index (χ3n) is 1.30. The molecule has 0 radical (unpaired) electrons. The van der Waals surface area contributed by atoms with Crippen molar-refractivity contribution < 1.29 is 4.39 Å². The summed E-state index contributed by atoms with van der Waals surface area (Å²) >= 11 is 3.10. The first-order valence-corrected chi connectivity index (χ1v) is 4.22. The Morgan fingerprint density at radius 2 is 2.27 bits per heavy atom. The Morgan fingerprint density at radius 1 is 1.55 bits per heavy atom. The van der Waals surface area contributed by atoms with E-state index in [0.29, 0.717) is 4.47 Å². The zero-order valence-corrected chi connectivity index (χ0v) is 7.78. The lowest BCUT2D eigenvalue weighted by Gasteiger charge is -2.02. The quantitative estimate of drug-likeness (QED) is 0.804. The third-order valence-corrected chi connectivity index (χ3v) is 1.91. The van der Waals surface area contributed by atoms with Gasteiger partial charge in [0.2, 0.25) is 0 Å². The van der Waals surface area contributed by atoms with E-state index >= 15 is 0 Å². The molecule has 1 aromatic rings. The van der Waals surface area contributed by atoms with Crippen molar-refractivity contribution in [2.75, 3.05) is 11.9 Å². The van der Waals surface area contributed by atoms with Gasteiger partial charge in [-0.15, -0.1) is 0 Å². The van der Waals surface area contributed by atoms with Gasteiger partial charge in [0, 0.05) is 12.2 Å². The average molecular weight is 218 g/mol. The van der Waals surface area contributed by atoms with Crippen molar-refractivity contribution in [1.29, 1.82) is 0 Å². The fourth-order valence-electron chi connectivity index (χ4n) is 0.810. The Morgan fingerprint density at radius 3 is 2.82 bits per heavy atom. The number of hydrogen-bond acceptors (Lipinski definition) is 1. The van der Waals surface area contributed by atoms with E-state index in [4.69, 9.17) is 0 Å². The van der Waals surface area contributed by atoms with Crippen LogP contribution in [0.15, 0.2) is 22.7 Å². The van der Waals surface area contributed by atoms with Gasteiger partial charge in [-0.05, 0) is 41.1 Å². The number of anilines is 1. The lowest BCUT2D eigenvalue weighted by atomic mass is 10.3. The van der Waals surface area contributed by atoms with Crippen LogP contribution in [0.25, 0.3) is 0 Å². The van der Waals surface area contributed by atoms with Gasteiger partial charge in [-0.1, -0.05) is 0 Å². The molecule has 1 nitrogen and oxygen atoms in total. The zero-order chi connectivity index (χ0) is 8.27. The molecular weight excluding hydrogens is 209 g/mol. The summed E-state index contributed by atoms with van der Waals surface area (Å²) in [5, 5.41) is 3.08. The van der Waals surface area contributed by atoms with E-state index in [1.54, 1.807) is 12.1 Å². The van der Waals surface area contributed by atoms with E-state index in [1.807, 2.05) is 6.92 Å². The molecule has 0 saturated heterocycles. The summed E-state index contributed by atoms with van der Waals surface area (Å²) in [6.45, 7) is 2.84. The molecule has 11 heavy (non-hydrogen) atoms. The molecule has 1 rings (SSSR count). The summed E-state index contributed by atoms with van der Waals surface area (Å²) < 4.78 is 13.2. The maximum Gasteiger partial charge on any atom is 0.137 e. The van der Waals surface area contributed by atoms with E-state index in [2.05, 4.69) is 21.2 Å². The second kappa shape index (κ2) is 3.72. The van der Waals surface area contributed by atoms with Crippen LogP contribution in [0.1, 0.15) is 6.92 Å². The van der Waals surface area contributed by atoms with Crippen molar-refractivity contribution in [1.82, 2.24) is 0 Å². The van der Waals surface area contributed by atoms with E-state index in [9.17, 15) is 4.39 Å². The second-order valence-corrected chi connectivity index (χ2v) is 3.01. The number of rotatable bonds is 2. The summed E-state index contributed by atoms with van der Waals surface area (Å²) in [5.74, 6) is -0.230. The van der Waals surface area contributed by atoms with Crippen LogP contribution in [0.4, 0.5) is 10.1 Å². The first-order valence-electron chi connectivity index (χ1n) is 3.43. The monoisotopic (exact) mass is 217 g/mol. The number of halogens is 2. The van der Waals surface area contributed by atoms with Crippen molar-refractivity contribution >= 4 is 21.6 Å². The van der Waals surface area contributed by atoms with Crippen LogP contribution in [-0.2, 0) is 0 Å². The average Bonchev–Trinajstić information content (AvgIpc) is 1.98. The predicted octanol–water partition coefficient (Wildman–Crippen LogP) is 3.02. The van der Waals surface area contributed by atoms with Gasteiger partial charge in [-0.2, -0.15) is 0 Å². The van der Waals surface area contributed by atoms with Crippen LogP contribution in [0.3, 0.4) is 0 Å². The molecule has 0 heterocycles. The molecule has 0 aliphatic heterocycles. The van der Waals surface area contributed by atoms with Gasteiger partial charge in [-0.25, -0.2) is 4.39 Å². The Hall–Kier alpha value is -0.570. The maximum absolute atomic E-state index is 12.7. The minimum Gasteiger partial charge on any atom is -0.385 e. The molecule has 0 fully saturated rings. The lowest BCUT2D eigenvalue weighted by molar-refractivity contribution is 0.621. The second-order valence-electron chi connectivity index (χ2n) is 2.16. The number of hydrogen-bond donors (Lipinski definition) is 1. The molecule has 0 atom stereocenters. The first-order chi connectivity index (χ1) is 5.24. The lowest BCUT2D eigenvalue weighted by Crippen LogP contribution is -1.96. The topological polar surface area (TPSA) is 12.0 Å². The smallest absolute Gasteiger partial charge is 0.137 e. The number of benzene rings is 1. The molecule has 0 aliphatic carbocycles. The summed E-state index contributed by atoms with van der Waals surface area (Å²) in [5.41, 5.74) is 0.931. The Kier molecular flexibility index (Phi) is 2.88. The molecule has 0 unspecified atom stereocenters. The molecule has 0 saturated carbocycles. The summed E-state index contributed by atoms with van der Waals surface area (Å²) in [7, 11) is 0.